The molecule has 114 valence electrons. The van der Waals surface area contributed by atoms with Gasteiger partial charge >= 0.3 is 5.69 Å². The highest BCUT2D eigenvalue weighted by Crippen LogP contribution is 2.23. The molecule has 0 amide bonds. The Morgan fingerprint density at radius 2 is 1.91 bits per heavy atom. The Kier molecular flexibility index (Phi) is 2.97. The summed E-state index contributed by atoms with van der Waals surface area (Å²) >= 11 is 0. The zero-order chi connectivity index (χ0) is 15.8. The van der Waals surface area contributed by atoms with Gasteiger partial charge in [-0.1, -0.05) is 0 Å². The van der Waals surface area contributed by atoms with Gasteiger partial charge < -0.3 is 8.83 Å². The molecule has 0 saturated carbocycles. The van der Waals surface area contributed by atoms with Crippen LogP contribution in [0.4, 0.5) is 0 Å². The number of H-pyrrole nitrogens is 2. The van der Waals surface area contributed by atoms with Crippen molar-refractivity contribution in [2.75, 3.05) is 0 Å². The van der Waals surface area contributed by atoms with Gasteiger partial charge in [-0.2, -0.15) is 4.57 Å². The fourth-order valence-electron chi connectivity index (χ4n) is 2.60. The van der Waals surface area contributed by atoms with Gasteiger partial charge in [0.15, 0.2) is 6.54 Å². The van der Waals surface area contributed by atoms with Crippen molar-refractivity contribution in [1.29, 1.82) is 0 Å². The standard InChI is InChI=1S/C16H11N3O4/c20-15-13-11(12-4-2-8-23-12)5-6-17-14(13)19(16(21)18-15)9-10-3-1-7-22-10/h1-8H,9H2,(H,18,20,21)/p+1. The second kappa shape index (κ2) is 5.13. The van der Waals surface area contributed by atoms with Crippen LogP contribution >= 0.6 is 0 Å². The molecular weight excluding hydrogens is 298 g/mol. The first-order chi connectivity index (χ1) is 11.2. The van der Waals surface area contributed by atoms with Crippen molar-refractivity contribution in [2.45, 2.75) is 6.54 Å². The average Bonchev–Trinajstić information content (AvgIpc) is 3.24. The molecule has 2 N–H and O–H groups in total. The van der Waals surface area contributed by atoms with Crippen molar-refractivity contribution in [2.24, 2.45) is 0 Å². The summed E-state index contributed by atoms with van der Waals surface area (Å²) in [4.78, 5) is 29.8. The van der Waals surface area contributed by atoms with E-state index in [1.807, 2.05) is 0 Å². The topological polar surface area (TPSA) is 95.3 Å². The van der Waals surface area contributed by atoms with Crippen molar-refractivity contribution >= 4 is 11.0 Å². The molecule has 7 heteroatoms. The number of furan rings is 2. The number of aromatic nitrogens is 3. The van der Waals surface area contributed by atoms with Gasteiger partial charge in [-0.05, 0) is 30.3 Å². The van der Waals surface area contributed by atoms with E-state index in [-0.39, 0.29) is 6.54 Å². The van der Waals surface area contributed by atoms with E-state index in [4.69, 9.17) is 8.83 Å². The van der Waals surface area contributed by atoms with Crippen LogP contribution in [0, 0.1) is 0 Å². The summed E-state index contributed by atoms with van der Waals surface area (Å²) in [5, 5.41) is 0.355. The third kappa shape index (κ3) is 2.18. The number of nitrogens with zero attached hydrogens (tertiary/aromatic N) is 1. The summed E-state index contributed by atoms with van der Waals surface area (Å²) in [7, 11) is 0. The summed E-state index contributed by atoms with van der Waals surface area (Å²) in [6, 6.07) is 8.74. The zero-order valence-electron chi connectivity index (χ0n) is 11.9. The van der Waals surface area contributed by atoms with E-state index in [0.29, 0.717) is 28.1 Å². The van der Waals surface area contributed by atoms with E-state index in [1.165, 1.54) is 17.1 Å². The molecule has 23 heavy (non-hydrogen) atoms. The fourth-order valence-corrected chi connectivity index (χ4v) is 2.60. The number of nitrogens with one attached hydrogen (secondary N) is 2. The molecule has 0 spiro atoms. The maximum absolute atomic E-state index is 12.3. The van der Waals surface area contributed by atoms with Crippen LogP contribution in [0.3, 0.4) is 0 Å². The fraction of sp³-hybridized carbons (Fsp3) is 0.0625. The van der Waals surface area contributed by atoms with Crippen molar-refractivity contribution in [1.82, 2.24) is 9.55 Å². The summed E-state index contributed by atoms with van der Waals surface area (Å²) in [6.07, 6.45) is 4.73. The van der Waals surface area contributed by atoms with Gasteiger partial charge in [0.1, 0.15) is 16.9 Å². The molecule has 0 unspecified atom stereocenters. The van der Waals surface area contributed by atoms with Crippen LogP contribution in [0.25, 0.3) is 22.4 Å². The Morgan fingerprint density at radius 1 is 1.09 bits per heavy atom. The number of pyridine rings is 1. The number of hydrogen-bond donors (Lipinski definition) is 1. The molecule has 0 fully saturated rings. The highest BCUT2D eigenvalue weighted by Gasteiger charge is 2.21. The monoisotopic (exact) mass is 310 g/mol. The van der Waals surface area contributed by atoms with E-state index < -0.39 is 11.2 Å². The number of hydrogen-bond acceptors (Lipinski definition) is 4. The lowest BCUT2D eigenvalue weighted by molar-refractivity contribution is -0.349. The first-order valence-corrected chi connectivity index (χ1v) is 6.98. The van der Waals surface area contributed by atoms with Gasteiger partial charge in [-0.15, -0.1) is 0 Å². The second-order valence-corrected chi connectivity index (χ2v) is 5.02. The molecule has 4 aromatic rings. The molecule has 0 atom stereocenters. The predicted octanol–water partition coefficient (Wildman–Crippen LogP) is 1.41. The maximum atomic E-state index is 12.3. The lowest BCUT2D eigenvalue weighted by atomic mass is 10.1. The lowest BCUT2D eigenvalue weighted by Gasteiger charge is -2.03. The van der Waals surface area contributed by atoms with Crippen LogP contribution in [-0.4, -0.2) is 9.55 Å². The maximum Gasteiger partial charge on any atom is 0.416 e. The van der Waals surface area contributed by atoms with Crippen LogP contribution in [0.2, 0.25) is 0 Å². The first kappa shape index (κ1) is 13.3. The molecule has 0 radical (unpaired) electrons. The number of rotatable bonds is 3. The molecule has 4 aromatic heterocycles. The number of aromatic amines is 2. The smallest absolute Gasteiger partial charge is 0.416 e. The Bertz CT molecular complexity index is 1070. The van der Waals surface area contributed by atoms with Gasteiger partial charge in [0.25, 0.3) is 11.2 Å². The van der Waals surface area contributed by atoms with Crippen LogP contribution < -0.4 is 16.2 Å². The Labute approximate surface area is 128 Å². The van der Waals surface area contributed by atoms with E-state index in [9.17, 15) is 9.59 Å². The molecule has 0 aliphatic rings. The van der Waals surface area contributed by atoms with Gasteiger partial charge in [-0.25, -0.2) is 9.78 Å². The molecule has 0 bridgehead atoms. The van der Waals surface area contributed by atoms with Crippen molar-refractivity contribution in [3.8, 4) is 11.3 Å². The first-order valence-electron chi connectivity index (χ1n) is 6.98. The summed E-state index contributed by atoms with van der Waals surface area (Å²) < 4.78 is 12.1. The SMILES string of the molecule is O=c1[nH]c(=O)n(Cc2ccco2)c2[nH+]ccc(-c3ccco3)c12. The van der Waals surface area contributed by atoms with Crippen molar-refractivity contribution < 1.29 is 13.8 Å². The van der Waals surface area contributed by atoms with Crippen LogP contribution in [0.1, 0.15) is 5.76 Å². The van der Waals surface area contributed by atoms with Gasteiger partial charge in [-0.3, -0.25) is 9.78 Å². The Balaban J connectivity index is 2.03. The largest absolute Gasteiger partial charge is 0.465 e. The normalized spacial score (nSPS) is 11.1. The molecule has 0 aliphatic heterocycles. The minimum absolute atomic E-state index is 0.206. The lowest BCUT2D eigenvalue weighted by Crippen LogP contribution is -2.34. The van der Waals surface area contributed by atoms with E-state index in [0.717, 1.165) is 0 Å². The van der Waals surface area contributed by atoms with Crippen LogP contribution in [0.5, 0.6) is 0 Å². The summed E-state index contributed by atoms with van der Waals surface area (Å²) in [5.41, 5.74) is 0.0398. The van der Waals surface area contributed by atoms with E-state index >= 15 is 0 Å². The third-order valence-corrected chi connectivity index (χ3v) is 3.62. The van der Waals surface area contributed by atoms with Crippen molar-refractivity contribution in [3.05, 3.63) is 75.7 Å². The minimum Gasteiger partial charge on any atom is -0.465 e. The molecule has 0 aromatic carbocycles. The second-order valence-electron chi connectivity index (χ2n) is 5.02. The van der Waals surface area contributed by atoms with Crippen molar-refractivity contribution in [3.63, 3.8) is 0 Å². The summed E-state index contributed by atoms with van der Waals surface area (Å²) in [6.45, 7) is 0.206. The molecular formula is C16H12N3O4+. The minimum atomic E-state index is -0.508. The van der Waals surface area contributed by atoms with Crippen LogP contribution in [0.15, 0.2) is 67.5 Å². The molecule has 4 heterocycles. The van der Waals surface area contributed by atoms with Crippen LogP contribution in [-0.2, 0) is 6.54 Å². The van der Waals surface area contributed by atoms with Gasteiger partial charge in [0.05, 0.1) is 18.7 Å². The van der Waals surface area contributed by atoms with Gasteiger partial charge in [0.2, 0.25) is 0 Å². The zero-order valence-corrected chi connectivity index (χ0v) is 11.9. The molecule has 7 nitrogen and oxygen atoms in total. The highest BCUT2D eigenvalue weighted by atomic mass is 16.3. The van der Waals surface area contributed by atoms with E-state index in [2.05, 4.69) is 9.97 Å². The van der Waals surface area contributed by atoms with Gasteiger partial charge in [0, 0.05) is 5.56 Å². The molecule has 4 rings (SSSR count). The Hall–Kier alpha value is -3.35. The quantitative estimate of drug-likeness (QED) is 0.619. The van der Waals surface area contributed by atoms with E-state index in [1.54, 1.807) is 36.5 Å². The summed E-state index contributed by atoms with van der Waals surface area (Å²) in [5.74, 6) is 1.16. The highest BCUT2D eigenvalue weighted by molar-refractivity contribution is 5.88. The Morgan fingerprint density at radius 3 is 2.65 bits per heavy atom. The average molecular weight is 310 g/mol. The predicted molar refractivity (Wildman–Crippen MR) is 80.9 cm³/mol. The number of fused-ring (bicyclic) bond motifs is 1. The molecule has 0 saturated heterocycles. The molecule has 0 aliphatic carbocycles. The third-order valence-electron chi connectivity index (χ3n) is 3.62.